The highest BCUT2D eigenvalue weighted by Crippen LogP contribution is 2.29. The molecule has 1 amide bonds. The van der Waals surface area contributed by atoms with Crippen LogP contribution in [0.25, 0.3) is 0 Å². The monoisotopic (exact) mass is 446 g/mol. The summed E-state index contributed by atoms with van der Waals surface area (Å²) >= 11 is 11.9. The second kappa shape index (κ2) is 10.1. The quantitative estimate of drug-likeness (QED) is 0.385. The number of hydrogen-bond acceptors (Lipinski definition) is 4. The largest absolute Gasteiger partial charge is 0.493 e. The highest BCUT2D eigenvalue weighted by atomic mass is 35.5. The van der Waals surface area contributed by atoms with Crippen LogP contribution in [0.2, 0.25) is 10.0 Å². The zero-order chi connectivity index (χ0) is 21.5. The second-order valence-electron chi connectivity index (χ2n) is 6.15. The van der Waals surface area contributed by atoms with Gasteiger partial charge in [-0.05, 0) is 65.7 Å². The van der Waals surface area contributed by atoms with E-state index in [1.807, 2.05) is 6.07 Å². The third-order valence-electron chi connectivity index (χ3n) is 4.05. The molecule has 0 aliphatic heterocycles. The lowest BCUT2D eigenvalue weighted by molar-refractivity contribution is 0.0955. The van der Waals surface area contributed by atoms with Crippen molar-refractivity contribution in [3.8, 4) is 11.5 Å². The van der Waals surface area contributed by atoms with Crippen molar-refractivity contribution in [1.29, 1.82) is 0 Å². The molecule has 0 unspecified atom stereocenters. The Morgan fingerprint density at radius 2 is 1.80 bits per heavy atom. The van der Waals surface area contributed by atoms with Crippen molar-refractivity contribution in [2.45, 2.75) is 6.61 Å². The van der Waals surface area contributed by atoms with Gasteiger partial charge in [0.05, 0.1) is 23.4 Å². The lowest BCUT2D eigenvalue weighted by Gasteiger charge is -2.11. The maximum atomic E-state index is 12.9. The van der Waals surface area contributed by atoms with Crippen molar-refractivity contribution in [1.82, 2.24) is 5.43 Å². The fraction of sp³-hybridized carbons (Fsp3) is 0.0909. The van der Waals surface area contributed by atoms with Crippen molar-refractivity contribution < 1.29 is 18.7 Å². The molecule has 0 aromatic heterocycles. The molecule has 3 aromatic carbocycles. The van der Waals surface area contributed by atoms with Crippen molar-refractivity contribution >= 4 is 35.3 Å². The Balaban J connectivity index is 1.62. The van der Waals surface area contributed by atoms with Crippen LogP contribution < -0.4 is 14.9 Å². The van der Waals surface area contributed by atoms with Gasteiger partial charge in [-0.2, -0.15) is 5.10 Å². The van der Waals surface area contributed by atoms with Crippen molar-refractivity contribution in [3.63, 3.8) is 0 Å². The first-order valence-corrected chi connectivity index (χ1v) is 9.55. The molecule has 3 rings (SSSR count). The second-order valence-corrected chi connectivity index (χ2v) is 6.97. The molecule has 0 bridgehead atoms. The summed E-state index contributed by atoms with van der Waals surface area (Å²) in [7, 11) is 1.53. The predicted octanol–water partition coefficient (Wildman–Crippen LogP) is 5.48. The van der Waals surface area contributed by atoms with Gasteiger partial charge in [-0.25, -0.2) is 9.82 Å². The molecule has 30 heavy (non-hydrogen) atoms. The molecule has 0 spiro atoms. The molecule has 0 saturated carbocycles. The van der Waals surface area contributed by atoms with Crippen LogP contribution in [0, 0.1) is 5.82 Å². The van der Waals surface area contributed by atoms with E-state index in [1.165, 1.54) is 37.6 Å². The Morgan fingerprint density at radius 1 is 1.03 bits per heavy atom. The number of nitrogens with zero attached hydrogens (tertiary/aromatic N) is 1. The minimum atomic E-state index is -0.445. The van der Waals surface area contributed by atoms with E-state index in [2.05, 4.69) is 10.5 Å². The number of carbonyl (C=O) groups excluding carboxylic acids is 1. The van der Waals surface area contributed by atoms with E-state index in [-0.39, 0.29) is 6.61 Å². The van der Waals surface area contributed by atoms with Crippen molar-refractivity contribution in [3.05, 3.63) is 93.2 Å². The molecule has 0 atom stereocenters. The first-order chi connectivity index (χ1) is 14.5. The van der Waals surface area contributed by atoms with Gasteiger partial charge < -0.3 is 9.47 Å². The molecule has 0 aliphatic carbocycles. The molecule has 0 saturated heterocycles. The number of rotatable bonds is 7. The zero-order valence-electron chi connectivity index (χ0n) is 15.9. The Hall–Kier alpha value is -3.09. The van der Waals surface area contributed by atoms with Gasteiger partial charge in [0.1, 0.15) is 12.4 Å². The van der Waals surface area contributed by atoms with E-state index in [0.717, 1.165) is 5.56 Å². The number of amides is 1. The molecule has 0 radical (unpaired) electrons. The lowest BCUT2D eigenvalue weighted by atomic mass is 10.2. The third-order valence-corrected chi connectivity index (χ3v) is 4.79. The van der Waals surface area contributed by atoms with E-state index >= 15 is 0 Å². The fourth-order valence-electron chi connectivity index (χ4n) is 2.51. The van der Waals surface area contributed by atoms with Crippen molar-refractivity contribution in [2.75, 3.05) is 7.11 Å². The molecular formula is C22H17Cl2FN2O3. The Kier molecular flexibility index (Phi) is 7.27. The van der Waals surface area contributed by atoms with Crippen LogP contribution in [0.4, 0.5) is 4.39 Å². The fourth-order valence-corrected chi connectivity index (χ4v) is 2.83. The van der Waals surface area contributed by atoms with E-state index in [0.29, 0.717) is 32.7 Å². The number of halogens is 3. The normalized spacial score (nSPS) is 10.8. The zero-order valence-corrected chi connectivity index (χ0v) is 17.4. The van der Waals surface area contributed by atoms with Crippen LogP contribution in [0.15, 0.2) is 65.8 Å². The van der Waals surface area contributed by atoms with Crippen LogP contribution in [0.1, 0.15) is 21.5 Å². The highest BCUT2D eigenvalue weighted by molar-refractivity contribution is 6.42. The van der Waals surface area contributed by atoms with Crippen LogP contribution in [-0.2, 0) is 6.61 Å². The van der Waals surface area contributed by atoms with E-state index < -0.39 is 11.7 Å². The summed E-state index contributed by atoms with van der Waals surface area (Å²) in [5.41, 5.74) is 4.24. The third kappa shape index (κ3) is 5.72. The van der Waals surface area contributed by atoms with Gasteiger partial charge in [0.15, 0.2) is 11.5 Å². The van der Waals surface area contributed by atoms with Gasteiger partial charge in [-0.15, -0.1) is 0 Å². The molecule has 0 fully saturated rings. The van der Waals surface area contributed by atoms with Gasteiger partial charge in [0.25, 0.3) is 5.91 Å². The minimum absolute atomic E-state index is 0.286. The molecule has 0 aliphatic rings. The molecule has 154 valence electrons. The average Bonchev–Trinajstić information content (AvgIpc) is 2.75. The lowest BCUT2D eigenvalue weighted by Crippen LogP contribution is -2.17. The SMILES string of the molecule is COc1cc(/C=N\NC(=O)c2ccc(F)cc2)ccc1OCc1ccc(Cl)c(Cl)c1. The van der Waals surface area contributed by atoms with Crippen LogP contribution in [0.3, 0.4) is 0 Å². The molecule has 0 heterocycles. The summed E-state index contributed by atoms with van der Waals surface area (Å²) in [6.45, 7) is 0.286. The topological polar surface area (TPSA) is 59.9 Å². The number of hydrogen-bond donors (Lipinski definition) is 1. The number of methoxy groups -OCH3 is 1. The van der Waals surface area contributed by atoms with E-state index in [9.17, 15) is 9.18 Å². The van der Waals surface area contributed by atoms with Gasteiger partial charge in [-0.1, -0.05) is 29.3 Å². The molecule has 3 aromatic rings. The summed E-state index contributed by atoms with van der Waals surface area (Å²) in [5, 5.41) is 4.85. The number of hydrazone groups is 1. The summed E-state index contributed by atoms with van der Waals surface area (Å²) in [6, 6.07) is 15.7. The maximum absolute atomic E-state index is 12.9. The van der Waals surface area contributed by atoms with Crippen LogP contribution >= 0.6 is 23.2 Å². The van der Waals surface area contributed by atoms with E-state index in [1.54, 1.807) is 30.3 Å². The predicted molar refractivity (Wildman–Crippen MR) is 115 cm³/mol. The number of carbonyl (C=O) groups is 1. The van der Waals surface area contributed by atoms with Crippen LogP contribution in [-0.4, -0.2) is 19.2 Å². The van der Waals surface area contributed by atoms with E-state index in [4.69, 9.17) is 32.7 Å². The summed E-state index contributed by atoms with van der Waals surface area (Å²) in [6.07, 6.45) is 1.46. The minimum Gasteiger partial charge on any atom is -0.493 e. The molecule has 5 nitrogen and oxygen atoms in total. The van der Waals surface area contributed by atoms with Gasteiger partial charge >= 0.3 is 0 Å². The van der Waals surface area contributed by atoms with Crippen molar-refractivity contribution in [2.24, 2.45) is 5.10 Å². The summed E-state index contributed by atoms with van der Waals surface area (Å²) in [5.74, 6) is 0.184. The number of nitrogens with one attached hydrogen (secondary N) is 1. The summed E-state index contributed by atoms with van der Waals surface area (Å²) < 4.78 is 24.1. The van der Waals surface area contributed by atoms with Gasteiger partial charge in [0, 0.05) is 5.56 Å². The molecule has 8 heteroatoms. The first-order valence-electron chi connectivity index (χ1n) is 8.80. The highest BCUT2D eigenvalue weighted by Gasteiger charge is 2.08. The number of benzene rings is 3. The smallest absolute Gasteiger partial charge is 0.271 e. The summed E-state index contributed by atoms with van der Waals surface area (Å²) in [4.78, 5) is 12.0. The number of ether oxygens (including phenoxy) is 2. The van der Waals surface area contributed by atoms with Gasteiger partial charge in [0.2, 0.25) is 0 Å². The van der Waals surface area contributed by atoms with Crippen LogP contribution in [0.5, 0.6) is 11.5 Å². The Labute approximate surface area is 183 Å². The molecule has 1 N–H and O–H groups in total. The standard InChI is InChI=1S/C22H17Cl2FN2O3/c1-29-21-11-14(12-26-27-22(28)16-4-6-17(25)7-5-16)3-9-20(21)30-13-15-2-8-18(23)19(24)10-15/h2-12H,13H2,1H3,(H,27,28)/b26-12-. The first kappa shape index (κ1) is 21.6. The molecular weight excluding hydrogens is 430 g/mol. The maximum Gasteiger partial charge on any atom is 0.271 e. The average molecular weight is 447 g/mol. The Morgan fingerprint density at radius 3 is 2.50 bits per heavy atom. The van der Waals surface area contributed by atoms with Gasteiger partial charge in [-0.3, -0.25) is 4.79 Å². The Bertz CT molecular complexity index is 1070.